The lowest BCUT2D eigenvalue weighted by atomic mass is 9.80. The van der Waals surface area contributed by atoms with Gasteiger partial charge in [-0.15, -0.1) is 0 Å². The van der Waals surface area contributed by atoms with Crippen LogP contribution in [0.15, 0.2) is 207 Å². The zero-order chi connectivity index (χ0) is 38.2. The summed E-state index contributed by atoms with van der Waals surface area (Å²) in [7, 11) is 0. The van der Waals surface area contributed by atoms with E-state index in [1.165, 1.54) is 98.4 Å². The fraction of sp³-hybridized carbons (Fsp3) is 0. The van der Waals surface area contributed by atoms with Crippen molar-refractivity contribution in [3.63, 3.8) is 0 Å². The minimum absolute atomic E-state index is 0.983. The Bertz CT molecular complexity index is 3610. The van der Waals surface area contributed by atoms with Crippen molar-refractivity contribution in [2.24, 2.45) is 0 Å². The van der Waals surface area contributed by atoms with Gasteiger partial charge in [0, 0.05) is 23.2 Å². The first-order valence-electron chi connectivity index (χ1n) is 19.9. The van der Waals surface area contributed by atoms with Gasteiger partial charge in [-0.3, -0.25) is 9.97 Å². The minimum atomic E-state index is 0.983. The Morgan fingerprint density at radius 1 is 0.241 bits per heavy atom. The first-order valence-corrected chi connectivity index (χ1v) is 19.9. The summed E-state index contributed by atoms with van der Waals surface area (Å²) < 4.78 is 0. The van der Waals surface area contributed by atoms with Crippen molar-refractivity contribution in [2.45, 2.75) is 0 Å². The standard InChI is InChI=1S/C56H34N2/c1-2-16-36(17-3-1)53-48-34-50-49(33-47(48)38-20-6-7-21-42(38)56(53)41-24-10-18-35-15-4-5-19-37(35)41)54(43-25-11-29-51-39(43)27-13-31-57-51)45-22-8-9-23-46(45)55(50)44-26-12-30-52-40(44)28-14-32-58-52/h1-34H. The summed E-state index contributed by atoms with van der Waals surface area (Å²) in [6, 6.07) is 71.1. The summed E-state index contributed by atoms with van der Waals surface area (Å²) in [5.41, 5.74) is 11.7. The maximum atomic E-state index is 4.83. The van der Waals surface area contributed by atoms with Gasteiger partial charge >= 0.3 is 0 Å². The highest BCUT2D eigenvalue weighted by Gasteiger charge is 2.24. The van der Waals surface area contributed by atoms with Crippen LogP contribution in [0.1, 0.15) is 0 Å². The van der Waals surface area contributed by atoms with E-state index < -0.39 is 0 Å². The van der Waals surface area contributed by atoms with Crippen LogP contribution in [0.5, 0.6) is 0 Å². The second kappa shape index (κ2) is 12.9. The summed E-state index contributed by atoms with van der Waals surface area (Å²) in [5.74, 6) is 0. The zero-order valence-electron chi connectivity index (χ0n) is 31.5. The van der Waals surface area contributed by atoms with E-state index in [2.05, 4.69) is 194 Å². The molecule has 0 spiro atoms. The smallest absolute Gasteiger partial charge is 0.0708 e. The lowest BCUT2D eigenvalue weighted by Gasteiger charge is -2.23. The van der Waals surface area contributed by atoms with Gasteiger partial charge in [-0.25, -0.2) is 0 Å². The molecule has 2 heterocycles. The second-order valence-electron chi connectivity index (χ2n) is 15.2. The molecule has 0 bridgehead atoms. The SMILES string of the molecule is c1ccc(-c2c(-c3cccc4ccccc34)c3ccccc3c3cc4c(-c5cccc6ncccc56)c5ccccc5c(-c5cccc6ncccc56)c4cc23)cc1. The van der Waals surface area contributed by atoms with E-state index in [4.69, 9.17) is 9.97 Å². The molecule has 0 aliphatic rings. The Morgan fingerprint density at radius 3 is 1.29 bits per heavy atom. The third-order valence-electron chi connectivity index (χ3n) is 12.1. The lowest BCUT2D eigenvalue weighted by Crippen LogP contribution is -1.96. The topological polar surface area (TPSA) is 25.8 Å². The van der Waals surface area contributed by atoms with E-state index in [1.54, 1.807) is 0 Å². The molecular formula is C56H34N2. The predicted molar refractivity (Wildman–Crippen MR) is 246 cm³/mol. The quantitative estimate of drug-likeness (QED) is 0.133. The Labute approximate surface area is 335 Å². The molecule has 0 N–H and O–H groups in total. The second-order valence-corrected chi connectivity index (χ2v) is 15.2. The van der Waals surface area contributed by atoms with Crippen LogP contribution in [0.2, 0.25) is 0 Å². The highest BCUT2D eigenvalue weighted by molar-refractivity contribution is 6.31. The molecule has 2 heteroatoms. The van der Waals surface area contributed by atoms with Gasteiger partial charge in [0.15, 0.2) is 0 Å². The zero-order valence-corrected chi connectivity index (χ0v) is 31.5. The Kier molecular flexibility index (Phi) is 7.26. The van der Waals surface area contributed by atoms with Crippen molar-refractivity contribution in [2.75, 3.05) is 0 Å². The number of nitrogens with zero attached hydrogens (tertiary/aromatic N) is 2. The molecule has 0 atom stereocenters. The highest BCUT2D eigenvalue weighted by Crippen LogP contribution is 2.51. The average Bonchev–Trinajstić information content (AvgIpc) is 3.29. The number of rotatable bonds is 4. The summed E-state index contributed by atoms with van der Waals surface area (Å²) in [5, 5.41) is 14.5. The van der Waals surface area contributed by atoms with E-state index in [9.17, 15) is 0 Å². The molecule has 0 radical (unpaired) electrons. The normalized spacial score (nSPS) is 11.8. The molecule has 0 aliphatic carbocycles. The summed E-state index contributed by atoms with van der Waals surface area (Å²) in [6.07, 6.45) is 3.78. The lowest BCUT2D eigenvalue weighted by molar-refractivity contribution is 1.41. The molecule has 0 fully saturated rings. The fourth-order valence-corrected chi connectivity index (χ4v) is 9.71. The fourth-order valence-electron chi connectivity index (χ4n) is 9.71. The highest BCUT2D eigenvalue weighted by atomic mass is 14.6. The van der Waals surface area contributed by atoms with Gasteiger partial charge in [0.1, 0.15) is 0 Å². The summed E-state index contributed by atoms with van der Waals surface area (Å²) in [4.78, 5) is 9.64. The van der Waals surface area contributed by atoms with E-state index in [0.29, 0.717) is 0 Å². The van der Waals surface area contributed by atoms with Crippen LogP contribution in [-0.2, 0) is 0 Å². The van der Waals surface area contributed by atoms with E-state index >= 15 is 0 Å². The van der Waals surface area contributed by atoms with Crippen molar-refractivity contribution < 1.29 is 0 Å². The molecule has 268 valence electrons. The minimum Gasteiger partial charge on any atom is -0.256 e. The number of fused-ring (bicyclic) bond motifs is 8. The Morgan fingerprint density at radius 2 is 0.672 bits per heavy atom. The molecule has 0 saturated heterocycles. The van der Waals surface area contributed by atoms with Crippen LogP contribution in [0.3, 0.4) is 0 Å². The molecule has 0 amide bonds. The van der Waals surface area contributed by atoms with E-state index in [1.807, 2.05) is 12.4 Å². The van der Waals surface area contributed by atoms with Crippen molar-refractivity contribution in [3.05, 3.63) is 207 Å². The molecule has 58 heavy (non-hydrogen) atoms. The van der Waals surface area contributed by atoms with Crippen LogP contribution in [0, 0.1) is 0 Å². The van der Waals surface area contributed by atoms with Gasteiger partial charge in [0.25, 0.3) is 0 Å². The number of pyridine rings is 2. The van der Waals surface area contributed by atoms with Crippen molar-refractivity contribution in [3.8, 4) is 44.5 Å². The van der Waals surface area contributed by atoms with Gasteiger partial charge in [0.2, 0.25) is 0 Å². The Hall–Kier alpha value is -7.68. The van der Waals surface area contributed by atoms with E-state index in [0.717, 1.165) is 21.8 Å². The van der Waals surface area contributed by atoms with Crippen molar-refractivity contribution in [1.82, 2.24) is 9.97 Å². The molecule has 10 aromatic carbocycles. The Balaban J connectivity index is 1.36. The number of hydrogen-bond donors (Lipinski definition) is 0. The van der Waals surface area contributed by atoms with Gasteiger partial charge in [0.05, 0.1) is 11.0 Å². The number of aromatic nitrogens is 2. The summed E-state index contributed by atoms with van der Waals surface area (Å²) in [6.45, 7) is 0. The molecule has 0 saturated carbocycles. The molecule has 0 unspecified atom stereocenters. The van der Waals surface area contributed by atoms with E-state index in [-0.39, 0.29) is 0 Å². The third-order valence-corrected chi connectivity index (χ3v) is 12.1. The molecule has 0 aliphatic heterocycles. The van der Waals surface area contributed by atoms with Crippen molar-refractivity contribution in [1.29, 1.82) is 0 Å². The van der Waals surface area contributed by atoms with Crippen LogP contribution in [-0.4, -0.2) is 9.97 Å². The third kappa shape index (κ3) is 4.85. The van der Waals surface area contributed by atoms with Crippen LogP contribution in [0.25, 0.3) is 120 Å². The molecular weight excluding hydrogens is 701 g/mol. The average molecular weight is 735 g/mol. The molecule has 2 nitrogen and oxygen atoms in total. The molecule has 2 aromatic heterocycles. The number of hydrogen-bond acceptors (Lipinski definition) is 2. The first kappa shape index (κ1) is 32.6. The maximum absolute atomic E-state index is 4.83. The van der Waals surface area contributed by atoms with Crippen LogP contribution in [0.4, 0.5) is 0 Å². The molecule has 12 rings (SSSR count). The predicted octanol–water partition coefficient (Wildman–Crippen LogP) is 15.2. The van der Waals surface area contributed by atoms with Gasteiger partial charge in [-0.2, -0.15) is 0 Å². The maximum Gasteiger partial charge on any atom is 0.0708 e. The largest absolute Gasteiger partial charge is 0.256 e. The molecule has 12 aromatic rings. The first-order chi connectivity index (χ1) is 28.8. The van der Waals surface area contributed by atoms with Gasteiger partial charge in [-0.1, -0.05) is 158 Å². The number of benzene rings is 10. The van der Waals surface area contributed by atoms with Crippen LogP contribution < -0.4 is 0 Å². The monoisotopic (exact) mass is 734 g/mol. The van der Waals surface area contributed by atoms with Gasteiger partial charge < -0.3 is 0 Å². The van der Waals surface area contributed by atoms with Crippen molar-refractivity contribution >= 4 is 75.7 Å². The summed E-state index contributed by atoms with van der Waals surface area (Å²) >= 11 is 0. The van der Waals surface area contributed by atoms with Crippen LogP contribution >= 0.6 is 0 Å². The van der Waals surface area contributed by atoms with Gasteiger partial charge in [-0.05, 0) is 135 Å².